The van der Waals surface area contributed by atoms with Gasteiger partial charge in [-0.3, -0.25) is 9.59 Å². The second kappa shape index (κ2) is 7.05. The standard InChI is InChI=1S/C19H15N3O3S/c23-16(13-6-7-17-14(8-13)21-18(24)10-25-17)11-26-19-20-9-15(22-19)12-4-2-1-3-5-12/h1-9H,10-11H2,(H,20,22)(H,21,24). The van der Waals surface area contributed by atoms with E-state index < -0.39 is 0 Å². The summed E-state index contributed by atoms with van der Waals surface area (Å²) in [6.07, 6.45) is 1.76. The fourth-order valence-corrected chi connectivity index (χ4v) is 3.36. The highest BCUT2D eigenvalue weighted by molar-refractivity contribution is 7.99. The van der Waals surface area contributed by atoms with Gasteiger partial charge in [0.25, 0.3) is 5.91 Å². The maximum absolute atomic E-state index is 12.4. The number of hydrogen-bond acceptors (Lipinski definition) is 5. The number of nitrogens with one attached hydrogen (secondary N) is 2. The summed E-state index contributed by atoms with van der Waals surface area (Å²) in [6.45, 7) is -0.00160. The van der Waals surface area contributed by atoms with Crippen LogP contribution in [0, 0.1) is 0 Å². The molecule has 2 N–H and O–H groups in total. The topological polar surface area (TPSA) is 84.1 Å². The van der Waals surface area contributed by atoms with Gasteiger partial charge < -0.3 is 15.0 Å². The van der Waals surface area contributed by atoms with Crippen molar-refractivity contribution < 1.29 is 14.3 Å². The number of amides is 1. The number of hydrogen-bond donors (Lipinski definition) is 2. The normalized spacial score (nSPS) is 12.8. The molecule has 0 unspecified atom stereocenters. The van der Waals surface area contributed by atoms with E-state index in [4.69, 9.17) is 4.74 Å². The Labute approximate surface area is 154 Å². The van der Waals surface area contributed by atoms with E-state index in [0.717, 1.165) is 11.3 Å². The summed E-state index contributed by atoms with van der Waals surface area (Å²) < 4.78 is 5.30. The minimum atomic E-state index is -0.222. The quantitative estimate of drug-likeness (QED) is 0.535. The Morgan fingerprint density at radius 1 is 1.19 bits per heavy atom. The predicted octanol–water partition coefficient (Wildman–Crippen LogP) is 3.38. The van der Waals surface area contributed by atoms with Crippen LogP contribution in [-0.4, -0.2) is 34.0 Å². The number of benzene rings is 2. The summed E-state index contributed by atoms with van der Waals surface area (Å²) in [4.78, 5) is 31.4. The average molecular weight is 365 g/mol. The molecule has 4 rings (SSSR count). The van der Waals surface area contributed by atoms with Crippen molar-refractivity contribution in [2.24, 2.45) is 0 Å². The van der Waals surface area contributed by atoms with E-state index in [1.165, 1.54) is 11.8 Å². The van der Waals surface area contributed by atoms with Crippen LogP contribution in [0.1, 0.15) is 10.4 Å². The van der Waals surface area contributed by atoms with Gasteiger partial charge in [-0.25, -0.2) is 4.98 Å². The number of H-pyrrole nitrogens is 1. The molecule has 0 spiro atoms. The molecule has 0 atom stereocenters. The van der Waals surface area contributed by atoms with Crippen LogP contribution >= 0.6 is 11.8 Å². The van der Waals surface area contributed by atoms with Gasteiger partial charge in [0, 0.05) is 5.56 Å². The lowest BCUT2D eigenvalue weighted by atomic mass is 10.1. The summed E-state index contributed by atoms with van der Waals surface area (Å²) in [7, 11) is 0. The Morgan fingerprint density at radius 2 is 2.04 bits per heavy atom. The van der Waals surface area contributed by atoms with Gasteiger partial charge in [0.15, 0.2) is 17.5 Å². The SMILES string of the molecule is O=C1COc2ccc(C(=O)CSc3ncc(-c4ccccc4)[nH]3)cc2N1. The molecule has 0 aliphatic carbocycles. The van der Waals surface area contributed by atoms with Crippen molar-refractivity contribution in [3.8, 4) is 17.0 Å². The first-order valence-electron chi connectivity index (χ1n) is 8.02. The number of thioether (sulfide) groups is 1. The number of anilines is 1. The average Bonchev–Trinajstić information content (AvgIpc) is 3.15. The Bertz CT molecular complexity index is 969. The van der Waals surface area contributed by atoms with Gasteiger partial charge in [-0.05, 0) is 23.8 Å². The van der Waals surface area contributed by atoms with Gasteiger partial charge in [0.2, 0.25) is 0 Å². The predicted molar refractivity (Wildman–Crippen MR) is 99.6 cm³/mol. The molecule has 1 amide bonds. The molecule has 130 valence electrons. The maximum Gasteiger partial charge on any atom is 0.262 e. The lowest BCUT2D eigenvalue weighted by molar-refractivity contribution is -0.118. The number of imidazole rings is 1. The molecule has 2 aromatic carbocycles. The van der Waals surface area contributed by atoms with Gasteiger partial charge in [0.05, 0.1) is 23.3 Å². The van der Waals surface area contributed by atoms with Crippen LogP contribution in [-0.2, 0) is 4.79 Å². The number of aromatic amines is 1. The molecule has 26 heavy (non-hydrogen) atoms. The second-order valence-corrected chi connectivity index (χ2v) is 6.69. The number of ether oxygens (including phenoxy) is 1. The molecule has 6 nitrogen and oxygen atoms in total. The van der Waals surface area contributed by atoms with Crippen LogP contribution in [0.5, 0.6) is 5.75 Å². The van der Waals surface area contributed by atoms with E-state index in [-0.39, 0.29) is 24.1 Å². The van der Waals surface area contributed by atoms with Gasteiger partial charge >= 0.3 is 0 Å². The number of carbonyl (C=O) groups excluding carboxylic acids is 2. The van der Waals surface area contributed by atoms with Crippen LogP contribution in [0.2, 0.25) is 0 Å². The van der Waals surface area contributed by atoms with Crippen LogP contribution in [0.25, 0.3) is 11.3 Å². The first kappa shape index (κ1) is 16.4. The van der Waals surface area contributed by atoms with Crippen molar-refractivity contribution in [3.05, 3.63) is 60.3 Å². The van der Waals surface area contributed by atoms with E-state index in [9.17, 15) is 9.59 Å². The zero-order valence-corrected chi connectivity index (χ0v) is 14.5. The Balaban J connectivity index is 1.42. The number of aromatic nitrogens is 2. The largest absolute Gasteiger partial charge is 0.482 e. The molecular weight excluding hydrogens is 350 g/mol. The first-order valence-corrected chi connectivity index (χ1v) is 9.01. The van der Waals surface area contributed by atoms with Crippen molar-refractivity contribution in [3.63, 3.8) is 0 Å². The summed E-state index contributed by atoms with van der Waals surface area (Å²) in [5.74, 6) is 0.554. The number of fused-ring (bicyclic) bond motifs is 1. The van der Waals surface area contributed by atoms with Crippen LogP contribution in [0.4, 0.5) is 5.69 Å². The van der Waals surface area contributed by atoms with Gasteiger partial charge in [-0.1, -0.05) is 42.1 Å². The number of Topliss-reactive ketones (excluding diaryl/α,β-unsaturated/α-hetero) is 1. The Hall–Kier alpha value is -3.06. The fourth-order valence-electron chi connectivity index (χ4n) is 2.61. The summed E-state index contributed by atoms with van der Waals surface area (Å²) in [5.41, 5.74) is 3.01. The molecule has 0 saturated heterocycles. The third-order valence-electron chi connectivity index (χ3n) is 3.91. The smallest absolute Gasteiger partial charge is 0.262 e. The van der Waals surface area contributed by atoms with Crippen molar-refractivity contribution in [1.82, 2.24) is 9.97 Å². The second-order valence-electron chi connectivity index (χ2n) is 5.73. The van der Waals surface area contributed by atoms with Crippen LogP contribution in [0.15, 0.2) is 59.9 Å². The van der Waals surface area contributed by atoms with Crippen molar-refractivity contribution in [2.45, 2.75) is 5.16 Å². The molecule has 3 aromatic rings. The van der Waals surface area contributed by atoms with Crippen LogP contribution < -0.4 is 10.1 Å². The fraction of sp³-hybridized carbons (Fsp3) is 0.105. The molecular formula is C19H15N3O3S. The zero-order chi connectivity index (χ0) is 17.9. The number of rotatable bonds is 5. The van der Waals surface area contributed by atoms with E-state index in [0.29, 0.717) is 22.2 Å². The molecule has 1 aliphatic rings. The van der Waals surface area contributed by atoms with Crippen molar-refractivity contribution in [2.75, 3.05) is 17.7 Å². The molecule has 1 aliphatic heterocycles. The maximum atomic E-state index is 12.4. The number of ketones is 1. The first-order chi connectivity index (χ1) is 12.7. The molecule has 0 radical (unpaired) electrons. The highest BCUT2D eigenvalue weighted by Crippen LogP contribution is 2.29. The molecule has 0 bridgehead atoms. The minimum absolute atomic E-state index is 0.00160. The molecule has 0 saturated carbocycles. The highest BCUT2D eigenvalue weighted by atomic mass is 32.2. The molecule has 0 fully saturated rings. The Kier molecular flexibility index (Phi) is 4.45. The van der Waals surface area contributed by atoms with Crippen LogP contribution in [0.3, 0.4) is 0 Å². The lowest BCUT2D eigenvalue weighted by Crippen LogP contribution is -2.25. The monoisotopic (exact) mass is 365 g/mol. The van der Waals surface area contributed by atoms with E-state index >= 15 is 0 Å². The van der Waals surface area contributed by atoms with E-state index in [1.54, 1.807) is 24.4 Å². The third-order valence-corrected chi connectivity index (χ3v) is 4.80. The molecule has 1 aromatic heterocycles. The third kappa shape index (κ3) is 3.48. The lowest BCUT2D eigenvalue weighted by Gasteiger charge is -2.18. The summed E-state index contributed by atoms with van der Waals surface area (Å²) in [6, 6.07) is 14.9. The Morgan fingerprint density at radius 3 is 2.88 bits per heavy atom. The van der Waals surface area contributed by atoms with Gasteiger partial charge in [-0.2, -0.15) is 0 Å². The highest BCUT2D eigenvalue weighted by Gasteiger charge is 2.18. The van der Waals surface area contributed by atoms with Gasteiger partial charge in [0.1, 0.15) is 5.75 Å². The summed E-state index contributed by atoms with van der Waals surface area (Å²) >= 11 is 1.34. The molecule has 2 heterocycles. The van der Waals surface area contributed by atoms with Gasteiger partial charge in [-0.15, -0.1) is 0 Å². The van der Waals surface area contributed by atoms with E-state index in [1.807, 2.05) is 30.3 Å². The number of nitrogens with zero attached hydrogens (tertiary/aromatic N) is 1. The zero-order valence-electron chi connectivity index (χ0n) is 13.7. The van der Waals surface area contributed by atoms with Crippen molar-refractivity contribution >= 4 is 29.1 Å². The summed E-state index contributed by atoms with van der Waals surface area (Å²) in [5, 5.41) is 3.40. The van der Waals surface area contributed by atoms with E-state index in [2.05, 4.69) is 15.3 Å². The van der Waals surface area contributed by atoms with Crippen molar-refractivity contribution in [1.29, 1.82) is 0 Å². The minimum Gasteiger partial charge on any atom is -0.482 e. The molecule has 7 heteroatoms. The number of carbonyl (C=O) groups is 2.